The van der Waals surface area contributed by atoms with Crippen LogP contribution < -0.4 is 9.46 Å². The Morgan fingerprint density at radius 3 is 2.52 bits per heavy atom. The van der Waals surface area contributed by atoms with Gasteiger partial charge in [-0.15, -0.1) is 0 Å². The maximum absolute atomic E-state index is 12.4. The van der Waals surface area contributed by atoms with Crippen molar-refractivity contribution in [1.82, 2.24) is 4.57 Å². The van der Waals surface area contributed by atoms with Gasteiger partial charge in [-0.05, 0) is 29.8 Å². The Labute approximate surface area is 148 Å². The molecule has 7 heteroatoms. The smallest absolute Gasteiger partial charge is 0.387 e. The van der Waals surface area contributed by atoms with Gasteiger partial charge in [0.2, 0.25) is 0 Å². The third-order valence-corrected chi connectivity index (χ3v) is 4.33. The Morgan fingerprint density at radius 1 is 1.20 bits per heavy atom. The topological polar surface area (TPSA) is 50.0 Å². The lowest BCUT2D eigenvalue weighted by Gasteiger charge is -2.08. The van der Waals surface area contributed by atoms with Crippen LogP contribution in [0.3, 0.4) is 0 Å². The number of nitriles is 1. The molecule has 0 amide bonds. The molecule has 0 aliphatic carbocycles. The second-order valence-corrected chi connectivity index (χ2v) is 5.95. The van der Waals surface area contributed by atoms with E-state index in [1.54, 1.807) is 13.1 Å². The zero-order valence-corrected chi connectivity index (χ0v) is 14.4. The molecule has 0 atom stereocenters. The van der Waals surface area contributed by atoms with Crippen molar-refractivity contribution in [1.29, 1.82) is 5.26 Å². The van der Waals surface area contributed by atoms with E-state index in [1.165, 1.54) is 24.1 Å². The van der Waals surface area contributed by atoms with Gasteiger partial charge in [-0.25, -0.2) is 0 Å². The van der Waals surface area contributed by atoms with E-state index in [1.807, 2.05) is 35.1 Å². The Kier molecular flexibility index (Phi) is 4.81. The number of benzene rings is 2. The highest BCUT2D eigenvalue weighted by Gasteiger charge is 2.18. The average Bonchev–Trinajstić information content (AvgIpc) is 2.87. The standard InChI is InChI=1S/C18H15F2N3OS/c1-23-16-9-13(24-18(19)20)7-8-14(16)15(10-21)17(23)11-3-5-12(6-4-11)22-25-2/h3-9,18,22H,1-2H3. The van der Waals surface area contributed by atoms with Crippen LogP contribution in [0.4, 0.5) is 14.5 Å². The first kappa shape index (κ1) is 17.1. The minimum Gasteiger partial charge on any atom is -0.435 e. The lowest BCUT2D eigenvalue weighted by Crippen LogP contribution is -2.01. The summed E-state index contributed by atoms with van der Waals surface area (Å²) in [5.41, 5.74) is 3.74. The molecule has 0 fully saturated rings. The van der Waals surface area contributed by atoms with Gasteiger partial charge in [0.1, 0.15) is 11.8 Å². The van der Waals surface area contributed by atoms with Crippen LogP contribution in [0.25, 0.3) is 22.2 Å². The Hall–Kier alpha value is -2.72. The molecule has 0 unspecified atom stereocenters. The summed E-state index contributed by atoms with van der Waals surface area (Å²) < 4.78 is 34.3. The van der Waals surface area contributed by atoms with Crippen molar-refractivity contribution in [2.24, 2.45) is 7.05 Å². The van der Waals surface area contributed by atoms with Gasteiger partial charge in [-0.2, -0.15) is 14.0 Å². The molecule has 1 heterocycles. The molecular formula is C18H15F2N3OS. The fourth-order valence-electron chi connectivity index (χ4n) is 2.86. The Morgan fingerprint density at radius 2 is 1.92 bits per heavy atom. The number of hydrogen-bond donors (Lipinski definition) is 1. The summed E-state index contributed by atoms with van der Waals surface area (Å²) in [7, 11) is 1.80. The number of ether oxygens (including phenoxy) is 1. The van der Waals surface area contributed by atoms with Crippen molar-refractivity contribution in [3.8, 4) is 23.1 Å². The lowest BCUT2D eigenvalue weighted by atomic mass is 10.1. The van der Waals surface area contributed by atoms with Crippen molar-refractivity contribution >= 4 is 28.5 Å². The van der Waals surface area contributed by atoms with Gasteiger partial charge < -0.3 is 14.0 Å². The number of aromatic nitrogens is 1. The largest absolute Gasteiger partial charge is 0.435 e. The summed E-state index contributed by atoms with van der Waals surface area (Å²) in [5.74, 6) is 0.0682. The molecule has 0 bridgehead atoms. The minimum absolute atomic E-state index is 0.0682. The van der Waals surface area contributed by atoms with Crippen LogP contribution >= 0.6 is 11.9 Å². The van der Waals surface area contributed by atoms with Gasteiger partial charge in [-0.1, -0.05) is 24.1 Å². The molecule has 128 valence electrons. The van der Waals surface area contributed by atoms with Crippen molar-refractivity contribution in [2.45, 2.75) is 6.61 Å². The molecule has 1 aromatic heterocycles. The summed E-state index contributed by atoms with van der Waals surface area (Å²) in [5, 5.41) is 10.3. The molecule has 3 aromatic rings. The van der Waals surface area contributed by atoms with Gasteiger partial charge in [0.25, 0.3) is 0 Å². The average molecular weight is 359 g/mol. The quantitative estimate of drug-likeness (QED) is 0.651. The van der Waals surface area contributed by atoms with Crippen LogP contribution in [0.15, 0.2) is 42.5 Å². The number of alkyl halides is 2. The number of nitrogens with zero attached hydrogens (tertiary/aromatic N) is 2. The number of rotatable bonds is 5. The first-order valence-electron chi connectivity index (χ1n) is 7.42. The Balaban J connectivity index is 2.14. The first-order chi connectivity index (χ1) is 12.0. The predicted molar refractivity (Wildman–Crippen MR) is 96.8 cm³/mol. The molecular weight excluding hydrogens is 344 g/mol. The second-order valence-electron chi connectivity index (χ2n) is 5.34. The minimum atomic E-state index is -2.89. The van der Waals surface area contributed by atoms with Gasteiger partial charge in [0, 0.05) is 30.4 Å². The van der Waals surface area contributed by atoms with E-state index in [4.69, 9.17) is 0 Å². The van der Waals surface area contributed by atoms with E-state index in [0.717, 1.165) is 16.9 Å². The second kappa shape index (κ2) is 7.03. The molecule has 4 nitrogen and oxygen atoms in total. The molecule has 3 rings (SSSR count). The third kappa shape index (κ3) is 3.26. The summed E-state index contributed by atoms with van der Waals surface area (Å²) in [6, 6.07) is 14.5. The van der Waals surface area contributed by atoms with Gasteiger partial charge in [-0.3, -0.25) is 0 Å². The van der Waals surface area contributed by atoms with Crippen LogP contribution in [-0.4, -0.2) is 17.4 Å². The maximum atomic E-state index is 12.4. The highest BCUT2D eigenvalue weighted by molar-refractivity contribution is 7.99. The summed E-state index contributed by atoms with van der Waals surface area (Å²) in [4.78, 5) is 0. The number of anilines is 1. The van der Waals surface area contributed by atoms with E-state index in [2.05, 4.69) is 15.5 Å². The first-order valence-corrected chi connectivity index (χ1v) is 8.64. The molecule has 2 aromatic carbocycles. The fourth-order valence-corrected chi connectivity index (χ4v) is 3.23. The fraction of sp³-hybridized carbons (Fsp3) is 0.167. The van der Waals surface area contributed by atoms with Crippen LogP contribution in [-0.2, 0) is 7.05 Å². The van der Waals surface area contributed by atoms with E-state index in [9.17, 15) is 14.0 Å². The van der Waals surface area contributed by atoms with Crippen molar-refractivity contribution in [3.63, 3.8) is 0 Å². The molecule has 1 N–H and O–H groups in total. The summed E-state index contributed by atoms with van der Waals surface area (Å²) in [6.07, 6.45) is 1.94. The van der Waals surface area contributed by atoms with Crippen molar-refractivity contribution in [3.05, 3.63) is 48.0 Å². The number of nitrogens with one attached hydrogen (secondary N) is 1. The highest BCUT2D eigenvalue weighted by atomic mass is 32.2. The maximum Gasteiger partial charge on any atom is 0.387 e. The van der Waals surface area contributed by atoms with Gasteiger partial charge >= 0.3 is 6.61 Å². The van der Waals surface area contributed by atoms with Gasteiger partial charge in [0.05, 0.1) is 16.8 Å². The van der Waals surface area contributed by atoms with E-state index in [0.29, 0.717) is 16.5 Å². The van der Waals surface area contributed by atoms with Crippen LogP contribution in [0.5, 0.6) is 5.75 Å². The van der Waals surface area contributed by atoms with Gasteiger partial charge in [0.15, 0.2) is 0 Å². The van der Waals surface area contributed by atoms with Crippen molar-refractivity contribution in [2.75, 3.05) is 11.0 Å². The van der Waals surface area contributed by atoms with E-state index in [-0.39, 0.29) is 5.75 Å². The predicted octanol–water partition coefficient (Wildman–Crippen LogP) is 5.01. The highest BCUT2D eigenvalue weighted by Crippen LogP contribution is 2.35. The molecule has 0 aliphatic heterocycles. The molecule has 0 aliphatic rings. The summed E-state index contributed by atoms with van der Waals surface area (Å²) >= 11 is 1.49. The number of halogens is 2. The number of hydrogen-bond acceptors (Lipinski definition) is 4. The van der Waals surface area contributed by atoms with Crippen LogP contribution in [0.2, 0.25) is 0 Å². The zero-order valence-electron chi connectivity index (χ0n) is 13.6. The van der Waals surface area contributed by atoms with E-state index < -0.39 is 6.61 Å². The number of fused-ring (bicyclic) bond motifs is 1. The third-order valence-electron chi connectivity index (χ3n) is 3.89. The molecule has 0 spiro atoms. The normalized spacial score (nSPS) is 10.9. The van der Waals surface area contributed by atoms with E-state index >= 15 is 0 Å². The van der Waals surface area contributed by atoms with Crippen LogP contribution in [0.1, 0.15) is 5.56 Å². The van der Waals surface area contributed by atoms with Crippen molar-refractivity contribution < 1.29 is 13.5 Å². The molecule has 0 saturated carbocycles. The zero-order chi connectivity index (χ0) is 18.0. The molecule has 0 radical (unpaired) electrons. The summed E-state index contributed by atoms with van der Waals surface area (Å²) in [6.45, 7) is -2.89. The molecule has 0 saturated heterocycles. The SMILES string of the molecule is CSNc1ccc(-c2c(C#N)c3ccc(OC(F)F)cc3n2C)cc1. The van der Waals surface area contributed by atoms with Crippen LogP contribution in [0, 0.1) is 11.3 Å². The Bertz CT molecular complexity index is 946. The monoisotopic (exact) mass is 359 g/mol. The number of aryl methyl sites for hydroxylation is 1. The lowest BCUT2D eigenvalue weighted by molar-refractivity contribution is -0.0497. The molecule has 25 heavy (non-hydrogen) atoms.